The average molecular weight is 347 g/mol. The van der Waals surface area contributed by atoms with Crippen molar-refractivity contribution in [3.05, 3.63) is 34.0 Å². The molecule has 3 heterocycles. The molecule has 0 fully saturated rings. The largest absolute Gasteiger partial charge is 0.351 e. The van der Waals surface area contributed by atoms with E-state index in [0.29, 0.717) is 6.54 Å². The number of carbonyl (C=O) groups is 2. The molecule has 0 aliphatic carbocycles. The lowest BCUT2D eigenvalue weighted by atomic mass is 10.1. The van der Waals surface area contributed by atoms with Crippen LogP contribution in [0.15, 0.2) is 17.5 Å². The Labute approximate surface area is 144 Å². The van der Waals surface area contributed by atoms with Crippen LogP contribution in [0.5, 0.6) is 0 Å². The van der Waals surface area contributed by atoms with Crippen molar-refractivity contribution in [2.24, 2.45) is 0 Å². The van der Waals surface area contributed by atoms with E-state index in [4.69, 9.17) is 0 Å². The molecular weight excluding hydrogens is 326 g/mol. The minimum Gasteiger partial charge on any atom is -0.351 e. The van der Waals surface area contributed by atoms with Gasteiger partial charge in [-0.3, -0.25) is 9.59 Å². The van der Waals surface area contributed by atoms with Crippen LogP contribution >= 0.6 is 11.3 Å². The predicted molar refractivity (Wildman–Crippen MR) is 90.5 cm³/mol. The van der Waals surface area contributed by atoms with Gasteiger partial charge in [0.25, 0.3) is 0 Å². The maximum atomic E-state index is 12.4. The SMILES string of the molecule is CC(=O)N[C@@H](CC(=O)N[C@@H]1CCc2nnc(C)n2C1)c1cccs1. The van der Waals surface area contributed by atoms with Crippen LogP contribution in [0.3, 0.4) is 0 Å². The second-order valence-corrected chi connectivity index (χ2v) is 7.03. The summed E-state index contributed by atoms with van der Waals surface area (Å²) in [6.45, 7) is 4.09. The van der Waals surface area contributed by atoms with E-state index in [1.165, 1.54) is 18.3 Å². The molecule has 1 aliphatic heterocycles. The molecule has 8 heteroatoms. The van der Waals surface area contributed by atoms with Gasteiger partial charge in [-0.1, -0.05) is 6.07 Å². The average Bonchev–Trinajstić information content (AvgIpc) is 3.17. The Morgan fingerprint density at radius 2 is 2.29 bits per heavy atom. The van der Waals surface area contributed by atoms with Crippen molar-refractivity contribution in [1.29, 1.82) is 0 Å². The van der Waals surface area contributed by atoms with Crippen LogP contribution in [0.2, 0.25) is 0 Å². The van der Waals surface area contributed by atoms with Crippen LogP contribution in [0.1, 0.15) is 42.3 Å². The highest BCUT2D eigenvalue weighted by Crippen LogP contribution is 2.22. The molecule has 2 aromatic rings. The third-order valence-electron chi connectivity index (χ3n) is 4.15. The van der Waals surface area contributed by atoms with Crippen LogP contribution in [-0.2, 0) is 22.6 Å². The lowest BCUT2D eigenvalue weighted by Crippen LogP contribution is -2.42. The smallest absolute Gasteiger partial charge is 0.222 e. The van der Waals surface area contributed by atoms with Gasteiger partial charge < -0.3 is 15.2 Å². The topological polar surface area (TPSA) is 88.9 Å². The molecule has 2 atom stereocenters. The van der Waals surface area contributed by atoms with Crippen molar-refractivity contribution >= 4 is 23.2 Å². The van der Waals surface area contributed by atoms with Crippen molar-refractivity contribution < 1.29 is 9.59 Å². The van der Waals surface area contributed by atoms with Crippen molar-refractivity contribution in [3.8, 4) is 0 Å². The summed E-state index contributed by atoms with van der Waals surface area (Å²) < 4.78 is 2.05. The molecule has 0 spiro atoms. The Morgan fingerprint density at radius 1 is 1.46 bits per heavy atom. The van der Waals surface area contributed by atoms with E-state index >= 15 is 0 Å². The number of hydrogen-bond acceptors (Lipinski definition) is 5. The normalized spacial score (nSPS) is 17.8. The Balaban J connectivity index is 1.60. The summed E-state index contributed by atoms with van der Waals surface area (Å²) in [5.41, 5.74) is 0. The number of nitrogens with one attached hydrogen (secondary N) is 2. The number of nitrogens with zero attached hydrogens (tertiary/aromatic N) is 3. The fraction of sp³-hybridized carbons (Fsp3) is 0.500. The van der Waals surface area contributed by atoms with E-state index in [0.717, 1.165) is 29.4 Å². The summed E-state index contributed by atoms with van der Waals surface area (Å²) in [6.07, 6.45) is 1.91. The first-order valence-corrected chi connectivity index (χ1v) is 8.89. The van der Waals surface area contributed by atoms with E-state index in [2.05, 4.69) is 25.4 Å². The maximum Gasteiger partial charge on any atom is 0.222 e. The molecule has 0 bridgehead atoms. The molecule has 2 amide bonds. The molecule has 0 saturated heterocycles. The number of hydrogen-bond donors (Lipinski definition) is 2. The van der Waals surface area contributed by atoms with Gasteiger partial charge in [-0.2, -0.15) is 0 Å². The second kappa shape index (κ2) is 7.12. The summed E-state index contributed by atoms with van der Waals surface area (Å²) in [5, 5.41) is 16.1. The number of amides is 2. The molecule has 128 valence electrons. The molecule has 0 saturated carbocycles. The highest BCUT2D eigenvalue weighted by molar-refractivity contribution is 7.10. The van der Waals surface area contributed by atoms with Crippen molar-refractivity contribution in [2.75, 3.05) is 0 Å². The van der Waals surface area contributed by atoms with Gasteiger partial charge in [-0.15, -0.1) is 21.5 Å². The lowest BCUT2D eigenvalue weighted by molar-refractivity contribution is -0.123. The minimum absolute atomic E-state index is 0.0543. The zero-order valence-corrected chi connectivity index (χ0v) is 14.6. The first-order valence-electron chi connectivity index (χ1n) is 8.01. The number of carbonyl (C=O) groups excluding carboxylic acids is 2. The third kappa shape index (κ3) is 3.81. The molecule has 1 aliphatic rings. The molecule has 3 rings (SSSR count). The number of aromatic nitrogens is 3. The Hall–Kier alpha value is -2.22. The predicted octanol–water partition coefficient (Wildman–Crippen LogP) is 1.35. The van der Waals surface area contributed by atoms with Crippen molar-refractivity contribution in [3.63, 3.8) is 0 Å². The van der Waals surface area contributed by atoms with Crippen molar-refractivity contribution in [1.82, 2.24) is 25.4 Å². The van der Waals surface area contributed by atoms with Crippen LogP contribution in [0.4, 0.5) is 0 Å². The van der Waals surface area contributed by atoms with E-state index < -0.39 is 0 Å². The molecule has 24 heavy (non-hydrogen) atoms. The second-order valence-electron chi connectivity index (χ2n) is 6.05. The number of fused-ring (bicyclic) bond motifs is 1. The highest BCUT2D eigenvalue weighted by Gasteiger charge is 2.24. The van der Waals surface area contributed by atoms with Gasteiger partial charge in [-0.05, 0) is 24.8 Å². The van der Waals surface area contributed by atoms with Gasteiger partial charge in [0.1, 0.15) is 11.6 Å². The Kier molecular flexibility index (Phi) is 4.94. The van der Waals surface area contributed by atoms with Gasteiger partial charge in [-0.25, -0.2) is 0 Å². The molecule has 2 aromatic heterocycles. The fourth-order valence-corrected chi connectivity index (χ4v) is 3.79. The number of aryl methyl sites for hydroxylation is 2. The van der Waals surface area contributed by atoms with Gasteiger partial charge >= 0.3 is 0 Å². The van der Waals surface area contributed by atoms with Crippen LogP contribution in [0.25, 0.3) is 0 Å². The van der Waals surface area contributed by atoms with Gasteiger partial charge in [0.2, 0.25) is 11.8 Å². The summed E-state index contributed by atoms with van der Waals surface area (Å²) in [6, 6.07) is 3.65. The molecule has 0 radical (unpaired) electrons. The summed E-state index contributed by atoms with van der Waals surface area (Å²) in [5.74, 6) is 1.66. The van der Waals surface area contributed by atoms with Gasteiger partial charge in [0.05, 0.1) is 12.5 Å². The van der Waals surface area contributed by atoms with Crippen LogP contribution < -0.4 is 10.6 Å². The monoisotopic (exact) mass is 347 g/mol. The molecule has 7 nitrogen and oxygen atoms in total. The number of rotatable bonds is 5. The van der Waals surface area contributed by atoms with Crippen LogP contribution in [-0.4, -0.2) is 32.6 Å². The molecular formula is C16H21N5O2S. The Morgan fingerprint density at radius 3 is 3.00 bits per heavy atom. The fourth-order valence-electron chi connectivity index (χ4n) is 3.01. The first kappa shape index (κ1) is 16.6. The van der Waals surface area contributed by atoms with E-state index in [1.54, 1.807) is 0 Å². The van der Waals surface area contributed by atoms with E-state index in [-0.39, 0.29) is 30.3 Å². The maximum absolute atomic E-state index is 12.4. The minimum atomic E-state index is -0.279. The zero-order chi connectivity index (χ0) is 17.1. The quantitative estimate of drug-likeness (QED) is 0.854. The highest BCUT2D eigenvalue weighted by atomic mass is 32.1. The summed E-state index contributed by atoms with van der Waals surface area (Å²) in [7, 11) is 0. The summed E-state index contributed by atoms with van der Waals surface area (Å²) in [4.78, 5) is 24.8. The molecule has 2 N–H and O–H groups in total. The molecule has 0 aromatic carbocycles. The van der Waals surface area contributed by atoms with Crippen LogP contribution in [0, 0.1) is 6.92 Å². The van der Waals surface area contributed by atoms with Gasteiger partial charge in [0.15, 0.2) is 0 Å². The lowest BCUT2D eigenvalue weighted by Gasteiger charge is -2.26. The standard InChI is InChI=1S/C16H21N5O2S/c1-10-19-20-15-6-5-12(9-21(10)15)18-16(23)8-13(17-11(2)22)14-4-3-7-24-14/h3-4,7,12-13H,5-6,8-9H2,1-2H3,(H,17,22)(H,18,23)/t12-,13+/m1/s1. The summed E-state index contributed by atoms with van der Waals surface area (Å²) >= 11 is 1.54. The van der Waals surface area contributed by atoms with E-state index in [1.807, 2.05) is 24.4 Å². The first-order chi connectivity index (χ1) is 11.5. The molecule has 0 unspecified atom stereocenters. The van der Waals surface area contributed by atoms with Crippen molar-refractivity contribution in [2.45, 2.75) is 51.7 Å². The third-order valence-corrected chi connectivity index (χ3v) is 5.14. The Bertz CT molecular complexity index is 725. The van der Waals surface area contributed by atoms with Gasteiger partial charge in [0, 0.05) is 30.8 Å². The zero-order valence-electron chi connectivity index (χ0n) is 13.8. The van der Waals surface area contributed by atoms with E-state index in [9.17, 15) is 9.59 Å². The number of thiophene rings is 1.